The SMILES string of the molecule is O=C(O)C(Cc1cc(Cl)ccc1Cl)C1CCCC1. The van der Waals surface area contributed by atoms with Gasteiger partial charge in [0.15, 0.2) is 0 Å². The maximum atomic E-state index is 11.4. The zero-order valence-electron chi connectivity index (χ0n) is 10.0. The molecule has 98 valence electrons. The summed E-state index contributed by atoms with van der Waals surface area (Å²) in [5.41, 5.74) is 0.837. The molecule has 0 heterocycles. The second kappa shape index (κ2) is 5.94. The van der Waals surface area contributed by atoms with E-state index >= 15 is 0 Å². The van der Waals surface area contributed by atoms with E-state index in [0.29, 0.717) is 16.5 Å². The molecule has 1 saturated carbocycles. The topological polar surface area (TPSA) is 37.3 Å². The van der Waals surface area contributed by atoms with Crippen LogP contribution >= 0.6 is 23.2 Å². The first kappa shape index (κ1) is 13.7. The normalized spacial score (nSPS) is 17.9. The Morgan fingerprint density at radius 3 is 2.61 bits per heavy atom. The highest BCUT2D eigenvalue weighted by molar-refractivity contribution is 6.33. The van der Waals surface area contributed by atoms with Crippen LogP contribution in [0.2, 0.25) is 10.0 Å². The molecular formula is C14H16Cl2O2. The van der Waals surface area contributed by atoms with Crippen molar-refractivity contribution in [1.29, 1.82) is 0 Å². The minimum atomic E-state index is -0.724. The number of carbonyl (C=O) groups is 1. The van der Waals surface area contributed by atoms with Gasteiger partial charge >= 0.3 is 5.97 Å². The van der Waals surface area contributed by atoms with Crippen molar-refractivity contribution in [2.24, 2.45) is 11.8 Å². The smallest absolute Gasteiger partial charge is 0.307 e. The van der Waals surface area contributed by atoms with Crippen molar-refractivity contribution in [3.8, 4) is 0 Å². The van der Waals surface area contributed by atoms with Crippen LogP contribution in [0, 0.1) is 11.8 Å². The Bertz CT molecular complexity index is 439. The molecule has 0 radical (unpaired) electrons. The lowest BCUT2D eigenvalue weighted by molar-refractivity contribution is -0.143. The van der Waals surface area contributed by atoms with Gasteiger partial charge in [0, 0.05) is 10.0 Å². The van der Waals surface area contributed by atoms with Crippen molar-refractivity contribution in [2.75, 3.05) is 0 Å². The van der Waals surface area contributed by atoms with Crippen LogP contribution in [0.1, 0.15) is 31.2 Å². The van der Waals surface area contributed by atoms with Crippen LogP contribution in [0.3, 0.4) is 0 Å². The fourth-order valence-corrected chi connectivity index (χ4v) is 3.14. The second-order valence-corrected chi connectivity index (χ2v) is 5.77. The summed E-state index contributed by atoms with van der Waals surface area (Å²) in [7, 11) is 0. The van der Waals surface area contributed by atoms with E-state index in [1.54, 1.807) is 18.2 Å². The monoisotopic (exact) mass is 286 g/mol. The summed E-state index contributed by atoms with van der Waals surface area (Å²) in [4.78, 5) is 11.4. The van der Waals surface area contributed by atoms with Crippen molar-refractivity contribution >= 4 is 29.2 Å². The van der Waals surface area contributed by atoms with Crippen LogP contribution in [-0.4, -0.2) is 11.1 Å². The minimum absolute atomic E-state index is 0.276. The van der Waals surface area contributed by atoms with E-state index in [0.717, 1.165) is 31.2 Å². The van der Waals surface area contributed by atoms with Gasteiger partial charge in [0.1, 0.15) is 0 Å². The molecule has 1 N–H and O–H groups in total. The van der Waals surface area contributed by atoms with Crippen molar-refractivity contribution in [2.45, 2.75) is 32.1 Å². The summed E-state index contributed by atoms with van der Waals surface area (Å²) in [6.07, 6.45) is 4.76. The molecule has 1 aromatic rings. The third kappa shape index (κ3) is 3.18. The molecule has 0 bridgehead atoms. The van der Waals surface area contributed by atoms with E-state index in [4.69, 9.17) is 23.2 Å². The third-order valence-electron chi connectivity index (χ3n) is 3.73. The first-order valence-electron chi connectivity index (χ1n) is 6.24. The Labute approximate surface area is 117 Å². The van der Waals surface area contributed by atoms with Crippen LogP contribution in [0.15, 0.2) is 18.2 Å². The molecule has 2 rings (SSSR count). The highest BCUT2D eigenvalue weighted by Crippen LogP contribution is 2.35. The van der Waals surface area contributed by atoms with Crippen molar-refractivity contribution in [1.82, 2.24) is 0 Å². The van der Waals surface area contributed by atoms with Crippen molar-refractivity contribution < 1.29 is 9.90 Å². The maximum Gasteiger partial charge on any atom is 0.307 e. The number of carboxylic acid groups (broad SMARTS) is 1. The number of carboxylic acids is 1. The molecule has 1 aliphatic rings. The Hall–Kier alpha value is -0.730. The van der Waals surface area contributed by atoms with Crippen molar-refractivity contribution in [3.63, 3.8) is 0 Å². The standard InChI is InChI=1S/C14H16Cl2O2/c15-11-5-6-13(16)10(7-11)8-12(14(17)18)9-3-1-2-4-9/h5-7,9,12H,1-4,8H2,(H,17,18). The van der Waals surface area contributed by atoms with E-state index in [-0.39, 0.29) is 11.8 Å². The van der Waals surface area contributed by atoms with Crippen LogP contribution in [0.5, 0.6) is 0 Å². The Morgan fingerprint density at radius 1 is 1.33 bits per heavy atom. The second-order valence-electron chi connectivity index (χ2n) is 4.93. The summed E-state index contributed by atoms with van der Waals surface area (Å²) < 4.78 is 0. The van der Waals surface area contributed by atoms with Crippen LogP contribution in [0.4, 0.5) is 0 Å². The summed E-state index contributed by atoms with van der Waals surface area (Å²) in [6, 6.07) is 5.22. The lowest BCUT2D eigenvalue weighted by Gasteiger charge is -2.19. The summed E-state index contributed by atoms with van der Waals surface area (Å²) in [6.45, 7) is 0. The molecule has 18 heavy (non-hydrogen) atoms. The number of aliphatic carboxylic acids is 1. The average molecular weight is 287 g/mol. The molecule has 4 heteroatoms. The predicted octanol–water partition coefficient (Wildman–Crippen LogP) is 4.43. The molecule has 1 aliphatic carbocycles. The molecule has 0 aliphatic heterocycles. The van der Waals surface area contributed by atoms with Gasteiger partial charge in [0.25, 0.3) is 0 Å². The minimum Gasteiger partial charge on any atom is -0.481 e. The van der Waals surface area contributed by atoms with Gasteiger partial charge in [-0.3, -0.25) is 4.79 Å². The predicted molar refractivity (Wildman–Crippen MR) is 73.2 cm³/mol. The number of hydrogen-bond acceptors (Lipinski definition) is 1. The first-order chi connectivity index (χ1) is 8.58. The zero-order valence-corrected chi connectivity index (χ0v) is 11.5. The quantitative estimate of drug-likeness (QED) is 0.889. The molecule has 0 amide bonds. The number of halogens is 2. The molecule has 1 fully saturated rings. The van der Waals surface area contributed by atoms with Gasteiger partial charge in [0.2, 0.25) is 0 Å². The molecule has 0 saturated heterocycles. The Kier molecular flexibility index (Phi) is 4.52. The van der Waals surface area contributed by atoms with Gasteiger partial charge in [-0.15, -0.1) is 0 Å². The highest BCUT2D eigenvalue weighted by atomic mass is 35.5. The summed E-state index contributed by atoms with van der Waals surface area (Å²) in [5, 5.41) is 10.6. The molecule has 2 nitrogen and oxygen atoms in total. The van der Waals surface area contributed by atoms with Crippen LogP contribution in [-0.2, 0) is 11.2 Å². The molecule has 1 aromatic carbocycles. The van der Waals surface area contributed by atoms with E-state index in [2.05, 4.69) is 0 Å². The number of hydrogen-bond donors (Lipinski definition) is 1. The Balaban J connectivity index is 2.17. The van der Waals surface area contributed by atoms with Crippen LogP contribution in [0.25, 0.3) is 0 Å². The molecular weight excluding hydrogens is 271 g/mol. The molecule has 0 spiro atoms. The summed E-state index contributed by atoms with van der Waals surface area (Å²) in [5.74, 6) is -0.793. The van der Waals surface area contributed by atoms with E-state index in [9.17, 15) is 9.90 Å². The van der Waals surface area contributed by atoms with Gasteiger partial charge in [-0.25, -0.2) is 0 Å². The molecule has 1 atom stereocenters. The number of rotatable bonds is 4. The van der Waals surface area contributed by atoms with Crippen LogP contribution < -0.4 is 0 Å². The lowest BCUT2D eigenvalue weighted by atomic mass is 9.86. The van der Waals surface area contributed by atoms with Crippen molar-refractivity contribution in [3.05, 3.63) is 33.8 Å². The fourth-order valence-electron chi connectivity index (χ4n) is 2.75. The summed E-state index contributed by atoms with van der Waals surface area (Å²) >= 11 is 12.0. The van der Waals surface area contributed by atoms with Gasteiger partial charge in [-0.2, -0.15) is 0 Å². The maximum absolute atomic E-state index is 11.4. The first-order valence-corrected chi connectivity index (χ1v) is 7.00. The van der Waals surface area contributed by atoms with Gasteiger partial charge in [0.05, 0.1) is 5.92 Å². The van der Waals surface area contributed by atoms with Gasteiger partial charge < -0.3 is 5.11 Å². The lowest BCUT2D eigenvalue weighted by Crippen LogP contribution is -2.24. The highest BCUT2D eigenvalue weighted by Gasteiger charge is 2.31. The average Bonchev–Trinajstić information content (AvgIpc) is 2.83. The number of benzene rings is 1. The van der Waals surface area contributed by atoms with Gasteiger partial charge in [-0.05, 0) is 48.9 Å². The van der Waals surface area contributed by atoms with Gasteiger partial charge in [-0.1, -0.05) is 36.0 Å². The van der Waals surface area contributed by atoms with E-state index in [1.165, 1.54) is 0 Å². The van der Waals surface area contributed by atoms with E-state index in [1.807, 2.05) is 0 Å². The van der Waals surface area contributed by atoms with E-state index < -0.39 is 5.97 Å². The molecule has 0 aromatic heterocycles. The Morgan fingerprint density at radius 2 is 2.00 bits per heavy atom. The third-order valence-corrected chi connectivity index (χ3v) is 4.34. The zero-order chi connectivity index (χ0) is 13.1. The fraction of sp³-hybridized carbons (Fsp3) is 0.500. The molecule has 1 unspecified atom stereocenters. The largest absolute Gasteiger partial charge is 0.481 e.